The number of carbonyl (C=O) groups is 2. The standard InChI is InChI=1S/C25H32N2O5/c1-5-30-21-11-7-18(14-22(21)31-6-2)25(16(3)4)27-24(29)15-32-19-9-10-20-17(13-19)8-12-23(28)26-20/h7,9-11,13-14,16,25H,5-6,8,12,15H2,1-4H3,(H,26,28)(H,27,29)/t25-/m0/s1. The van der Waals surface area contributed by atoms with Crippen LogP contribution in [-0.2, 0) is 16.0 Å². The third kappa shape index (κ3) is 5.93. The van der Waals surface area contributed by atoms with Gasteiger partial charge in [-0.15, -0.1) is 0 Å². The molecule has 2 amide bonds. The van der Waals surface area contributed by atoms with E-state index < -0.39 is 0 Å². The molecule has 0 saturated heterocycles. The maximum absolute atomic E-state index is 12.7. The minimum atomic E-state index is -0.207. The van der Waals surface area contributed by atoms with E-state index in [1.54, 1.807) is 6.07 Å². The molecule has 172 valence electrons. The van der Waals surface area contributed by atoms with Gasteiger partial charge in [0.15, 0.2) is 18.1 Å². The van der Waals surface area contributed by atoms with Gasteiger partial charge in [-0.05, 0) is 67.6 Å². The SMILES string of the molecule is CCOc1ccc([C@@H](NC(=O)COc2ccc3c(c2)CCC(=O)N3)C(C)C)cc1OCC. The van der Waals surface area contributed by atoms with Gasteiger partial charge in [0.05, 0.1) is 19.3 Å². The fourth-order valence-corrected chi connectivity index (χ4v) is 3.71. The molecule has 0 radical (unpaired) electrons. The van der Waals surface area contributed by atoms with E-state index in [0.29, 0.717) is 43.3 Å². The molecule has 7 nitrogen and oxygen atoms in total. The van der Waals surface area contributed by atoms with Crippen LogP contribution in [0.2, 0.25) is 0 Å². The Morgan fingerprint density at radius 2 is 1.75 bits per heavy atom. The lowest BCUT2D eigenvalue weighted by atomic mass is 9.95. The topological polar surface area (TPSA) is 85.9 Å². The van der Waals surface area contributed by atoms with Crippen LogP contribution in [0.5, 0.6) is 17.2 Å². The van der Waals surface area contributed by atoms with E-state index in [1.807, 2.05) is 44.2 Å². The molecular weight excluding hydrogens is 408 g/mol. The molecule has 32 heavy (non-hydrogen) atoms. The first-order chi connectivity index (χ1) is 15.4. The molecule has 0 fully saturated rings. The Morgan fingerprint density at radius 1 is 1.00 bits per heavy atom. The Morgan fingerprint density at radius 3 is 2.47 bits per heavy atom. The molecule has 0 aliphatic carbocycles. The Bertz CT molecular complexity index is 957. The highest BCUT2D eigenvalue weighted by atomic mass is 16.5. The van der Waals surface area contributed by atoms with Crippen LogP contribution in [0.25, 0.3) is 0 Å². The molecule has 2 N–H and O–H groups in total. The maximum atomic E-state index is 12.7. The second-order valence-corrected chi connectivity index (χ2v) is 8.02. The molecule has 2 aromatic rings. The van der Waals surface area contributed by atoms with Gasteiger partial charge in [0.25, 0.3) is 5.91 Å². The van der Waals surface area contributed by atoms with E-state index >= 15 is 0 Å². The quantitative estimate of drug-likeness (QED) is 0.577. The lowest BCUT2D eigenvalue weighted by Gasteiger charge is -2.24. The first-order valence-electron chi connectivity index (χ1n) is 11.2. The van der Waals surface area contributed by atoms with Gasteiger partial charge >= 0.3 is 0 Å². The normalized spacial score (nSPS) is 13.7. The number of hydrogen-bond donors (Lipinski definition) is 2. The first-order valence-corrected chi connectivity index (χ1v) is 11.2. The van der Waals surface area contributed by atoms with E-state index in [9.17, 15) is 9.59 Å². The van der Waals surface area contributed by atoms with Crippen LogP contribution in [0.3, 0.4) is 0 Å². The third-order valence-electron chi connectivity index (χ3n) is 5.25. The smallest absolute Gasteiger partial charge is 0.258 e. The van der Waals surface area contributed by atoms with Gasteiger partial charge in [-0.2, -0.15) is 0 Å². The summed E-state index contributed by atoms with van der Waals surface area (Å²) in [4.78, 5) is 24.2. The number of rotatable bonds is 10. The summed E-state index contributed by atoms with van der Waals surface area (Å²) in [5.41, 5.74) is 2.77. The van der Waals surface area contributed by atoms with Gasteiger partial charge in [0, 0.05) is 12.1 Å². The molecule has 1 heterocycles. The zero-order valence-corrected chi connectivity index (χ0v) is 19.2. The van der Waals surface area contributed by atoms with Crippen LogP contribution in [0.1, 0.15) is 51.3 Å². The van der Waals surface area contributed by atoms with Gasteiger partial charge in [0.2, 0.25) is 5.91 Å². The van der Waals surface area contributed by atoms with Crippen molar-refractivity contribution >= 4 is 17.5 Å². The Labute approximate surface area is 189 Å². The molecular formula is C25H32N2O5. The van der Waals surface area contributed by atoms with Gasteiger partial charge in [-0.3, -0.25) is 9.59 Å². The highest BCUT2D eigenvalue weighted by Gasteiger charge is 2.21. The number of carbonyl (C=O) groups excluding carboxylic acids is 2. The summed E-state index contributed by atoms with van der Waals surface area (Å²) in [7, 11) is 0. The van der Waals surface area contributed by atoms with Crippen molar-refractivity contribution in [3.05, 3.63) is 47.5 Å². The van der Waals surface area contributed by atoms with Crippen LogP contribution in [-0.4, -0.2) is 31.6 Å². The Hall–Kier alpha value is -3.22. The van der Waals surface area contributed by atoms with E-state index in [4.69, 9.17) is 14.2 Å². The average Bonchev–Trinajstić information content (AvgIpc) is 2.77. The van der Waals surface area contributed by atoms with Gasteiger partial charge in [-0.25, -0.2) is 0 Å². The fraction of sp³-hybridized carbons (Fsp3) is 0.440. The van der Waals surface area contributed by atoms with Crippen LogP contribution in [0.4, 0.5) is 5.69 Å². The Balaban J connectivity index is 1.65. The monoisotopic (exact) mass is 440 g/mol. The minimum absolute atomic E-state index is 0.0204. The maximum Gasteiger partial charge on any atom is 0.258 e. The van der Waals surface area contributed by atoms with Gasteiger partial charge < -0.3 is 24.8 Å². The molecule has 0 bridgehead atoms. The van der Waals surface area contributed by atoms with Crippen LogP contribution < -0.4 is 24.8 Å². The molecule has 1 aliphatic heterocycles. The van der Waals surface area contributed by atoms with E-state index in [1.165, 1.54) is 0 Å². The molecule has 0 spiro atoms. The van der Waals surface area contributed by atoms with Crippen molar-refractivity contribution in [2.45, 2.75) is 46.6 Å². The fourth-order valence-electron chi connectivity index (χ4n) is 3.71. The second kappa shape index (κ2) is 10.9. The number of aryl methyl sites for hydroxylation is 1. The molecule has 2 aromatic carbocycles. The van der Waals surface area contributed by atoms with Crippen molar-refractivity contribution in [3.63, 3.8) is 0 Å². The third-order valence-corrected chi connectivity index (χ3v) is 5.25. The number of anilines is 1. The summed E-state index contributed by atoms with van der Waals surface area (Å²) in [5, 5.41) is 5.92. The van der Waals surface area contributed by atoms with E-state index in [2.05, 4.69) is 24.5 Å². The number of hydrogen-bond acceptors (Lipinski definition) is 5. The predicted molar refractivity (Wildman–Crippen MR) is 123 cm³/mol. The summed E-state index contributed by atoms with van der Waals surface area (Å²) in [6, 6.07) is 11.0. The van der Waals surface area contributed by atoms with Crippen LogP contribution >= 0.6 is 0 Å². The predicted octanol–water partition coefficient (Wildman–Crippen LogP) is 4.26. The lowest BCUT2D eigenvalue weighted by Crippen LogP contribution is -2.35. The van der Waals surface area contributed by atoms with Crippen molar-refractivity contribution in [3.8, 4) is 17.2 Å². The molecule has 0 saturated carbocycles. The molecule has 7 heteroatoms. The molecule has 0 aromatic heterocycles. The summed E-state index contributed by atoms with van der Waals surface area (Å²) >= 11 is 0. The number of fused-ring (bicyclic) bond motifs is 1. The minimum Gasteiger partial charge on any atom is -0.490 e. The summed E-state index contributed by atoms with van der Waals surface area (Å²) in [5.74, 6) is 1.95. The molecule has 1 aliphatic rings. The zero-order chi connectivity index (χ0) is 23.1. The second-order valence-electron chi connectivity index (χ2n) is 8.02. The lowest BCUT2D eigenvalue weighted by molar-refractivity contribution is -0.124. The van der Waals surface area contributed by atoms with Crippen LogP contribution in [0, 0.1) is 5.92 Å². The number of benzene rings is 2. The van der Waals surface area contributed by atoms with E-state index in [-0.39, 0.29) is 30.4 Å². The van der Waals surface area contributed by atoms with Crippen molar-refractivity contribution in [2.75, 3.05) is 25.1 Å². The molecule has 3 rings (SSSR count). The zero-order valence-electron chi connectivity index (χ0n) is 19.2. The van der Waals surface area contributed by atoms with Crippen molar-refractivity contribution in [1.82, 2.24) is 5.32 Å². The molecule has 0 unspecified atom stereocenters. The summed E-state index contributed by atoms with van der Waals surface area (Å²) < 4.78 is 17.1. The summed E-state index contributed by atoms with van der Waals surface area (Å²) in [6.45, 7) is 8.95. The number of ether oxygens (including phenoxy) is 3. The molecule has 1 atom stereocenters. The highest BCUT2D eigenvalue weighted by Crippen LogP contribution is 2.33. The Kier molecular flexibility index (Phi) is 7.98. The number of nitrogens with one attached hydrogen (secondary N) is 2. The highest BCUT2D eigenvalue weighted by molar-refractivity contribution is 5.94. The van der Waals surface area contributed by atoms with E-state index in [0.717, 1.165) is 16.8 Å². The first kappa shape index (κ1) is 23.4. The van der Waals surface area contributed by atoms with Gasteiger partial charge in [0.1, 0.15) is 5.75 Å². The average molecular weight is 441 g/mol. The summed E-state index contributed by atoms with van der Waals surface area (Å²) in [6.07, 6.45) is 1.12. The van der Waals surface area contributed by atoms with Crippen molar-refractivity contribution in [1.29, 1.82) is 0 Å². The van der Waals surface area contributed by atoms with Gasteiger partial charge in [-0.1, -0.05) is 19.9 Å². The largest absolute Gasteiger partial charge is 0.490 e. The van der Waals surface area contributed by atoms with Crippen molar-refractivity contribution < 1.29 is 23.8 Å². The van der Waals surface area contributed by atoms with Crippen molar-refractivity contribution in [2.24, 2.45) is 5.92 Å². The number of amides is 2. The van der Waals surface area contributed by atoms with Crippen LogP contribution in [0.15, 0.2) is 36.4 Å².